The number of aromatic nitrogens is 2. The van der Waals surface area contributed by atoms with Gasteiger partial charge >= 0.3 is 6.09 Å². The van der Waals surface area contributed by atoms with Crippen LogP contribution in [-0.4, -0.2) is 44.8 Å². The molecule has 0 radical (unpaired) electrons. The normalized spacial score (nSPS) is 19.1. The Bertz CT molecular complexity index is 476. The second kappa shape index (κ2) is 5.01. The van der Waals surface area contributed by atoms with Gasteiger partial charge in [-0.2, -0.15) is 0 Å². The van der Waals surface area contributed by atoms with Gasteiger partial charge in [0.05, 0.1) is 0 Å². The van der Waals surface area contributed by atoms with Crippen molar-refractivity contribution in [2.24, 2.45) is 5.92 Å². The van der Waals surface area contributed by atoms with Crippen molar-refractivity contribution in [1.82, 2.24) is 14.9 Å². The number of aliphatic hydroxyl groups is 1. The number of amides is 1. The quantitative estimate of drug-likeness (QED) is 0.889. The molecular weight excluding hydrogens is 258 g/mol. The number of carbonyl (C=O) groups is 1. The maximum atomic E-state index is 11.8. The van der Waals surface area contributed by atoms with Crippen molar-refractivity contribution in [3.8, 4) is 0 Å². The summed E-state index contributed by atoms with van der Waals surface area (Å²) in [6.07, 6.45) is 2.85. The topological polar surface area (TPSA) is 75.5 Å². The van der Waals surface area contributed by atoms with Crippen LogP contribution in [0.4, 0.5) is 4.79 Å². The molecule has 1 N–H and O–H groups in total. The average Bonchev–Trinajstić information content (AvgIpc) is 2.25. The van der Waals surface area contributed by atoms with E-state index in [4.69, 9.17) is 4.74 Å². The molecule has 0 saturated carbocycles. The Hall–Kier alpha value is -1.69. The van der Waals surface area contributed by atoms with Gasteiger partial charge in [-0.05, 0) is 33.8 Å². The Kier molecular flexibility index (Phi) is 3.69. The maximum absolute atomic E-state index is 11.8. The number of nitrogens with zero attached hydrogens (tertiary/aromatic N) is 3. The third-order valence-electron chi connectivity index (χ3n) is 3.35. The molecule has 1 aliphatic rings. The first kappa shape index (κ1) is 14.7. The van der Waals surface area contributed by atoms with E-state index in [0.29, 0.717) is 18.9 Å². The van der Waals surface area contributed by atoms with Gasteiger partial charge in [-0.25, -0.2) is 14.8 Å². The Morgan fingerprint density at radius 1 is 1.30 bits per heavy atom. The van der Waals surface area contributed by atoms with Crippen LogP contribution in [0.3, 0.4) is 0 Å². The van der Waals surface area contributed by atoms with Crippen LogP contribution in [0.15, 0.2) is 18.5 Å². The Morgan fingerprint density at radius 3 is 2.35 bits per heavy atom. The Labute approximate surface area is 118 Å². The number of ether oxygens (including phenoxy) is 1. The SMILES string of the molecule is CC(C)(C)OC(=O)N1CC(C(C)(O)c2ncccn2)C1. The minimum atomic E-state index is -1.14. The lowest BCUT2D eigenvalue weighted by molar-refractivity contribution is -0.0861. The van der Waals surface area contributed by atoms with Gasteiger partial charge in [-0.15, -0.1) is 0 Å². The number of hydrogen-bond donors (Lipinski definition) is 1. The van der Waals surface area contributed by atoms with Crippen molar-refractivity contribution < 1.29 is 14.6 Å². The second-order valence-corrected chi connectivity index (χ2v) is 6.30. The minimum absolute atomic E-state index is 0.0857. The summed E-state index contributed by atoms with van der Waals surface area (Å²) in [7, 11) is 0. The van der Waals surface area contributed by atoms with Gasteiger partial charge in [-0.3, -0.25) is 0 Å². The van der Waals surface area contributed by atoms with Crippen LogP contribution in [0.2, 0.25) is 0 Å². The molecule has 0 bridgehead atoms. The van der Waals surface area contributed by atoms with Gasteiger partial charge in [0, 0.05) is 31.4 Å². The van der Waals surface area contributed by atoms with Gasteiger partial charge < -0.3 is 14.7 Å². The zero-order chi connectivity index (χ0) is 15.0. The maximum Gasteiger partial charge on any atom is 0.410 e. The van der Waals surface area contributed by atoms with E-state index in [9.17, 15) is 9.90 Å². The molecule has 1 atom stereocenters. The highest BCUT2D eigenvalue weighted by Crippen LogP contribution is 2.34. The van der Waals surface area contributed by atoms with Crippen molar-refractivity contribution in [3.63, 3.8) is 0 Å². The first-order chi connectivity index (χ1) is 9.20. The van der Waals surface area contributed by atoms with Gasteiger partial charge in [0.1, 0.15) is 11.2 Å². The summed E-state index contributed by atoms with van der Waals surface area (Å²) in [6, 6.07) is 1.70. The van der Waals surface area contributed by atoms with E-state index in [1.807, 2.05) is 20.8 Å². The molecule has 1 fully saturated rings. The molecule has 1 aromatic heterocycles. The number of hydrogen-bond acceptors (Lipinski definition) is 5. The third kappa shape index (κ3) is 3.07. The molecular formula is C14H21N3O3. The molecule has 1 aliphatic heterocycles. The van der Waals surface area contributed by atoms with Crippen molar-refractivity contribution in [2.45, 2.75) is 38.9 Å². The van der Waals surface area contributed by atoms with Crippen molar-refractivity contribution in [3.05, 3.63) is 24.3 Å². The monoisotopic (exact) mass is 279 g/mol. The molecule has 20 heavy (non-hydrogen) atoms. The minimum Gasteiger partial charge on any atom is -0.444 e. The lowest BCUT2D eigenvalue weighted by atomic mass is 9.82. The van der Waals surface area contributed by atoms with E-state index < -0.39 is 11.2 Å². The zero-order valence-electron chi connectivity index (χ0n) is 12.3. The second-order valence-electron chi connectivity index (χ2n) is 6.30. The van der Waals surface area contributed by atoms with E-state index in [0.717, 1.165) is 0 Å². The Balaban J connectivity index is 1.95. The largest absolute Gasteiger partial charge is 0.444 e. The van der Waals surface area contributed by atoms with Gasteiger partial charge in [-0.1, -0.05) is 0 Å². The number of rotatable bonds is 2. The highest BCUT2D eigenvalue weighted by molar-refractivity contribution is 5.69. The van der Waals surface area contributed by atoms with E-state index >= 15 is 0 Å². The fourth-order valence-electron chi connectivity index (χ4n) is 2.05. The summed E-state index contributed by atoms with van der Waals surface area (Å²) in [5.74, 6) is 0.297. The molecule has 2 rings (SSSR count). The molecule has 1 saturated heterocycles. The highest BCUT2D eigenvalue weighted by atomic mass is 16.6. The molecule has 6 nitrogen and oxygen atoms in total. The smallest absolute Gasteiger partial charge is 0.410 e. The van der Waals surface area contributed by atoms with Crippen LogP contribution < -0.4 is 0 Å². The van der Waals surface area contributed by atoms with E-state index in [-0.39, 0.29) is 12.0 Å². The van der Waals surface area contributed by atoms with Crippen molar-refractivity contribution in [2.75, 3.05) is 13.1 Å². The van der Waals surface area contributed by atoms with E-state index in [1.165, 1.54) is 0 Å². The lowest BCUT2D eigenvalue weighted by Crippen LogP contribution is -2.58. The summed E-state index contributed by atoms with van der Waals surface area (Å²) < 4.78 is 5.28. The van der Waals surface area contributed by atoms with Gasteiger partial charge in [0.25, 0.3) is 0 Å². The average molecular weight is 279 g/mol. The zero-order valence-corrected chi connectivity index (χ0v) is 12.3. The van der Waals surface area contributed by atoms with Gasteiger partial charge in [0.15, 0.2) is 5.82 Å². The van der Waals surface area contributed by atoms with Crippen LogP contribution in [0.1, 0.15) is 33.5 Å². The summed E-state index contributed by atoms with van der Waals surface area (Å²) in [5.41, 5.74) is -1.65. The van der Waals surface area contributed by atoms with Gasteiger partial charge in [0.2, 0.25) is 0 Å². The number of carbonyl (C=O) groups excluding carboxylic acids is 1. The predicted molar refractivity (Wildman–Crippen MR) is 72.9 cm³/mol. The molecule has 1 aromatic rings. The fourth-order valence-corrected chi connectivity index (χ4v) is 2.05. The van der Waals surface area contributed by atoms with Crippen LogP contribution >= 0.6 is 0 Å². The summed E-state index contributed by atoms with van der Waals surface area (Å²) in [6.45, 7) is 8.06. The van der Waals surface area contributed by atoms with Crippen LogP contribution in [-0.2, 0) is 10.3 Å². The molecule has 110 valence electrons. The predicted octanol–water partition coefficient (Wildman–Crippen LogP) is 1.55. The summed E-state index contributed by atoms with van der Waals surface area (Å²) >= 11 is 0. The molecule has 0 aliphatic carbocycles. The highest BCUT2D eigenvalue weighted by Gasteiger charge is 2.46. The van der Waals surface area contributed by atoms with Crippen molar-refractivity contribution in [1.29, 1.82) is 0 Å². The summed E-state index contributed by atoms with van der Waals surface area (Å²) in [4.78, 5) is 21.6. The van der Waals surface area contributed by atoms with Crippen LogP contribution in [0.25, 0.3) is 0 Å². The molecule has 1 unspecified atom stereocenters. The molecule has 2 heterocycles. The summed E-state index contributed by atoms with van der Waals surface area (Å²) in [5, 5.41) is 10.5. The van der Waals surface area contributed by atoms with Crippen LogP contribution in [0.5, 0.6) is 0 Å². The van der Waals surface area contributed by atoms with E-state index in [1.54, 1.807) is 30.3 Å². The van der Waals surface area contributed by atoms with E-state index in [2.05, 4.69) is 9.97 Å². The van der Waals surface area contributed by atoms with Crippen LogP contribution in [0, 0.1) is 5.92 Å². The molecule has 0 spiro atoms. The third-order valence-corrected chi connectivity index (χ3v) is 3.35. The first-order valence-corrected chi connectivity index (χ1v) is 6.68. The molecule has 1 amide bonds. The fraction of sp³-hybridized carbons (Fsp3) is 0.643. The lowest BCUT2D eigenvalue weighted by Gasteiger charge is -2.45. The van der Waals surface area contributed by atoms with Crippen molar-refractivity contribution >= 4 is 6.09 Å². The molecule has 6 heteroatoms. The first-order valence-electron chi connectivity index (χ1n) is 6.68. The standard InChI is InChI=1S/C14H21N3O3/c1-13(2,3)20-12(18)17-8-10(9-17)14(4,19)11-15-6-5-7-16-11/h5-7,10,19H,8-9H2,1-4H3. The molecule has 0 aromatic carbocycles. The Morgan fingerprint density at radius 2 is 1.85 bits per heavy atom. The number of likely N-dealkylation sites (tertiary alicyclic amines) is 1.